The molecule has 0 spiro atoms. The highest BCUT2D eigenvalue weighted by molar-refractivity contribution is 5.75. The Kier molecular flexibility index (Phi) is 6.73. The molecule has 0 unspecified atom stereocenters. The number of carbonyl (C=O) groups excluding carboxylic acids is 1. The van der Waals surface area contributed by atoms with Crippen LogP contribution in [0.3, 0.4) is 0 Å². The Labute approximate surface area is 191 Å². The highest BCUT2D eigenvalue weighted by Crippen LogP contribution is 2.37. The number of amides is 2. The molecule has 1 fully saturated rings. The minimum Gasteiger partial charge on any atom is -0.353 e. The van der Waals surface area contributed by atoms with Crippen molar-refractivity contribution >= 4 is 11.8 Å². The highest BCUT2D eigenvalue weighted by Gasteiger charge is 2.32. The van der Waals surface area contributed by atoms with Crippen molar-refractivity contribution in [1.29, 1.82) is 0 Å². The van der Waals surface area contributed by atoms with Crippen molar-refractivity contribution < 1.29 is 18.0 Å². The predicted molar refractivity (Wildman–Crippen MR) is 119 cm³/mol. The Bertz CT molecular complexity index is 973. The van der Waals surface area contributed by atoms with Gasteiger partial charge in [0.05, 0.1) is 5.56 Å². The molecule has 0 radical (unpaired) electrons. The van der Waals surface area contributed by atoms with Gasteiger partial charge in [-0.15, -0.1) is 0 Å². The fourth-order valence-corrected chi connectivity index (χ4v) is 4.60. The van der Waals surface area contributed by atoms with Crippen molar-refractivity contribution in [3.63, 3.8) is 0 Å². The number of aryl methyl sites for hydroxylation is 1. The van der Waals surface area contributed by atoms with Crippen LogP contribution in [-0.4, -0.2) is 65.1 Å². The molecule has 10 heteroatoms. The molecule has 2 heterocycles. The molecule has 2 aliphatic rings. The summed E-state index contributed by atoms with van der Waals surface area (Å²) in [6, 6.07) is 4.75. The number of urea groups is 1. The fraction of sp³-hybridized carbons (Fsp3) is 0.522. The summed E-state index contributed by atoms with van der Waals surface area (Å²) in [5.74, 6) is 1.40. The first-order chi connectivity index (χ1) is 15.8. The topological polar surface area (TPSA) is 78.6 Å². The second-order valence-electron chi connectivity index (χ2n) is 8.66. The normalized spacial score (nSPS) is 18.4. The first-order valence-electron chi connectivity index (χ1n) is 11.3. The fourth-order valence-electron chi connectivity index (χ4n) is 4.60. The second kappa shape index (κ2) is 9.54. The molecule has 1 aromatic heterocycles. The molecule has 2 amide bonds. The predicted octanol–water partition coefficient (Wildman–Crippen LogP) is 3.25. The SMILES string of the molecule is C[C@@H]1CCc2ncnc(N3CCN(C(=O)N(CCN)Cc4ccc(C(F)(F)F)cc4)CC3)c21. The van der Waals surface area contributed by atoms with Gasteiger partial charge >= 0.3 is 12.2 Å². The minimum absolute atomic E-state index is 0.152. The molecule has 1 saturated heterocycles. The van der Waals surface area contributed by atoms with Crippen LogP contribution in [0, 0.1) is 0 Å². The largest absolute Gasteiger partial charge is 0.416 e. The van der Waals surface area contributed by atoms with Gasteiger partial charge in [0.1, 0.15) is 12.1 Å². The van der Waals surface area contributed by atoms with Crippen LogP contribution in [0.1, 0.15) is 41.6 Å². The highest BCUT2D eigenvalue weighted by atomic mass is 19.4. The summed E-state index contributed by atoms with van der Waals surface area (Å²) in [4.78, 5) is 27.7. The third-order valence-corrected chi connectivity index (χ3v) is 6.43. The van der Waals surface area contributed by atoms with Crippen molar-refractivity contribution in [3.8, 4) is 0 Å². The third-order valence-electron chi connectivity index (χ3n) is 6.43. The van der Waals surface area contributed by atoms with E-state index in [9.17, 15) is 18.0 Å². The van der Waals surface area contributed by atoms with Crippen LogP contribution in [0.15, 0.2) is 30.6 Å². The zero-order chi connectivity index (χ0) is 23.6. The molecule has 33 heavy (non-hydrogen) atoms. The van der Waals surface area contributed by atoms with Gasteiger partial charge < -0.3 is 20.4 Å². The van der Waals surface area contributed by atoms with Gasteiger partial charge in [-0.3, -0.25) is 0 Å². The summed E-state index contributed by atoms with van der Waals surface area (Å²) in [6.45, 7) is 5.43. The molecular formula is C23H29F3N6O. The van der Waals surface area contributed by atoms with E-state index in [4.69, 9.17) is 5.73 Å². The summed E-state index contributed by atoms with van der Waals surface area (Å²) < 4.78 is 38.5. The number of nitrogens with zero attached hydrogens (tertiary/aromatic N) is 5. The Morgan fingerprint density at radius 3 is 2.48 bits per heavy atom. The van der Waals surface area contributed by atoms with Gasteiger partial charge in [0.25, 0.3) is 0 Å². The van der Waals surface area contributed by atoms with E-state index in [1.54, 1.807) is 16.1 Å². The monoisotopic (exact) mass is 462 g/mol. The summed E-state index contributed by atoms with van der Waals surface area (Å²) in [5, 5.41) is 0. The lowest BCUT2D eigenvalue weighted by Crippen LogP contribution is -2.53. The van der Waals surface area contributed by atoms with E-state index in [0.29, 0.717) is 44.2 Å². The number of fused-ring (bicyclic) bond motifs is 1. The number of hydrogen-bond acceptors (Lipinski definition) is 5. The number of alkyl halides is 3. The molecule has 1 aliphatic carbocycles. The summed E-state index contributed by atoms with van der Waals surface area (Å²) in [6.07, 6.45) is -0.705. The van der Waals surface area contributed by atoms with Crippen LogP contribution in [-0.2, 0) is 19.1 Å². The Morgan fingerprint density at radius 2 is 1.85 bits per heavy atom. The Hall–Kier alpha value is -2.88. The number of halogens is 3. The average molecular weight is 463 g/mol. The summed E-state index contributed by atoms with van der Waals surface area (Å²) in [7, 11) is 0. The van der Waals surface area contributed by atoms with E-state index in [0.717, 1.165) is 36.5 Å². The van der Waals surface area contributed by atoms with E-state index < -0.39 is 11.7 Å². The van der Waals surface area contributed by atoms with Crippen molar-refractivity contribution in [2.24, 2.45) is 5.73 Å². The lowest BCUT2D eigenvalue weighted by Gasteiger charge is -2.38. The number of aromatic nitrogens is 2. The number of hydrogen-bond donors (Lipinski definition) is 1. The third kappa shape index (κ3) is 5.05. The molecule has 7 nitrogen and oxygen atoms in total. The van der Waals surface area contributed by atoms with Crippen LogP contribution in [0.25, 0.3) is 0 Å². The van der Waals surface area contributed by atoms with Crippen LogP contribution in [0.5, 0.6) is 0 Å². The number of anilines is 1. The van der Waals surface area contributed by atoms with Gasteiger partial charge in [0.2, 0.25) is 0 Å². The number of nitrogens with two attached hydrogens (primary N) is 1. The van der Waals surface area contributed by atoms with Crippen molar-refractivity contribution in [2.45, 2.75) is 38.4 Å². The zero-order valence-electron chi connectivity index (χ0n) is 18.7. The quantitative estimate of drug-likeness (QED) is 0.738. The van der Waals surface area contributed by atoms with Crippen LogP contribution < -0.4 is 10.6 Å². The summed E-state index contributed by atoms with van der Waals surface area (Å²) >= 11 is 0. The molecule has 2 N–H and O–H groups in total. The first-order valence-corrected chi connectivity index (χ1v) is 11.3. The van der Waals surface area contributed by atoms with Gasteiger partial charge in [-0.25, -0.2) is 14.8 Å². The van der Waals surface area contributed by atoms with Crippen molar-refractivity contribution in [1.82, 2.24) is 19.8 Å². The van der Waals surface area contributed by atoms with E-state index in [2.05, 4.69) is 21.8 Å². The molecule has 1 aromatic carbocycles. The zero-order valence-corrected chi connectivity index (χ0v) is 18.7. The van der Waals surface area contributed by atoms with E-state index in [-0.39, 0.29) is 19.1 Å². The second-order valence-corrected chi connectivity index (χ2v) is 8.66. The van der Waals surface area contributed by atoms with Gasteiger partial charge in [0, 0.05) is 57.1 Å². The standard InChI is InChI=1S/C23H29F3N6O/c1-16-2-7-19-20(16)21(29-15-28-19)30-10-12-31(13-11-30)22(33)32(9-8-27)14-17-3-5-18(6-4-17)23(24,25)26/h3-6,15-16H,2,7-14,27H2,1H3/t16-/m1/s1. The van der Waals surface area contributed by atoms with E-state index in [1.165, 1.54) is 17.7 Å². The van der Waals surface area contributed by atoms with Crippen LogP contribution in [0.4, 0.5) is 23.8 Å². The van der Waals surface area contributed by atoms with E-state index >= 15 is 0 Å². The van der Waals surface area contributed by atoms with Gasteiger partial charge in [-0.1, -0.05) is 19.1 Å². The number of piperazine rings is 1. The first kappa shape index (κ1) is 23.3. The summed E-state index contributed by atoms with van der Waals surface area (Å²) in [5.41, 5.74) is 7.99. The van der Waals surface area contributed by atoms with Gasteiger partial charge in [0.15, 0.2) is 0 Å². The maximum absolute atomic E-state index is 13.2. The lowest BCUT2D eigenvalue weighted by molar-refractivity contribution is -0.137. The van der Waals surface area contributed by atoms with Gasteiger partial charge in [-0.2, -0.15) is 13.2 Å². The molecule has 178 valence electrons. The molecular weight excluding hydrogens is 433 g/mol. The molecule has 1 aliphatic heterocycles. The number of benzene rings is 1. The molecule has 2 aromatic rings. The minimum atomic E-state index is -4.38. The molecule has 0 saturated carbocycles. The maximum Gasteiger partial charge on any atom is 0.416 e. The van der Waals surface area contributed by atoms with Gasteiger partial charge in [-0.05, 0) is 36.5 Å². The van der Waals surface area contributed by atoms with Crippen molar-refractivity contribution in [3.05, 3.63) is 53.0 Å². The number of carbonyl (C=O) groups is 1. The average Bonchev–Trinajstić information content (AvgIpc) is 3.19. The Morgan fingerprint density at radius 1 is 1.15 bits per heavy atom. The smallest absolute Gasteiger partial charge is 0.353 e. The van der Waals surface area contributed by atoms with Crippen LogP contribution >= 0.6 is 0 Å². The molecule has 1 atom stereocenters. The lowest BCUT2D eigenvalue weighted by atomic mass is 10.1. The van der Waals surface area contributed by atoms with Crippen LogP contribution in [0.2, 0.25) is 0 Å². The number of rotatable bonds is 5. The van der Waals surface area contributed by atoms with Crippen molar-refractivity contribution in [2.75, 3.05) is 44.2 Å². The molecule has 0 bridgehead atoms. The van der Waals surface area contributed by atoms with E-state index in [1.807, 2.05) is 0 Å². The maximum atomic E-state index is 13.2. The Balaban J connectivity index is 1.40. The molecule has 4 rings (SSSR count).